The molecule has 1 aliphatic rings. The topological polar surface area (TPSA) is 70.7 Å². The highest BCUT2D eigenvalue weighted by Gasteiger charge is 2.25. The van der Waals surface area contributed by atoms with Gasteiger partial charge in [0.05, 0.1) is 12.8 Å². The largest absolute Gasteiger partial charge is 0.493 e. The van der Waals surface area contributed by atoms with Crippen molar-refractivity contribution in [2.75, 3.05) is 7.11 Å². The van der Waals surface area contributed by atoms with E-state index in [1.54, 1.807) is 19.6 Å². The van der Waals surface area contributed by atoms with Crippen LogP contribution in [0.5, 0.6) is 5.75 Å². The van der Waals surface area contributed by atoms with E-state index >= 15 is 0 Å². The van der Waals surface area contributed by atoms with Gasteiger partial charge in [-0.3, -0.25) is 4.57 Å². The molecule has 1 aliphatic heterocycles. The fourth-order valence-corrected chi connectivity index (χ4v) is 4.05. The minimum absolute atomic E-state index is 0.124. The number of rotatable bonds is 5. The first kappa shape index (κ1) is 20.1. The number of nitrogens with zero attached hydrogens (tertiary/aromatic N) is 6. The van der Waals surface area contributed by atoms with Crippen molar-refractivity contribution in [2.24, 2.45) is 0 Å². The molecule has 7 nitrogen and oxygen atoms in total. The van der Waals surface area contributed by atoms with Gasteiger partial charge in [0.25, 0.3) is 0 Å². The van der Waals surface area contributed by atoms with Crippen LogP contribution in [-0.4, -0.2) is 36.4 Å². The summed E-state index contributed by atoms with van der Waals surface area (Å²) in [5.41, 5.74) is 2.85. The van der Waals surface area contributed by atoms with E-state index in [9.17, 15) is 4.39 Å². The van der Waals surface area contributed by atoms with Crippen LogP contribution in [-0.2, 0) is 6.54 Å². The molecule has 4 aromatic rings. The molecule has 0 fully saturated rings. The first-order valence-corrected chi connectivity index (χ1v) is 10.5. The third kappa shape index (κ3) is 3.91. The van der Waals surface area contributed by atoms with Gasteiger partial charge in [-0.1, -0.05) is 12.1 Å². The normalized spacial score (nSPS) is 15.8. The van der Waals surface area contributed by atoms with E-state index in [2.05, 4.69) is 15.1 Å². The molecule has 5 rings (SSSR count). The number of benzene rings is 1. The Morgan fingerprint density at radius 3 is 2.75 bits per heavy atom. The Hall–Kier alpha value is -3.81. The lowest BCUT2D eigenvalue weighted by molar-refractivity contribution is 0.410. The molecule has 0 bridgehead atoms. The standard InChI is InChI=1S/C24H23FN6O/c1-16-14-30(15-27-16)24-21(32-2)12-17(13-26-24)5-10-22-28-23-20(4-3-11-31(23)29-22)18-6-8-19(25)9-7-18/h5-10,12-15,20H,3-4,11H2,1-2H3/b10-5+/t20-/m1/s1. The Labute approximate surface area is 185 Å². The van der Waals surface area contributed by atoms with E-state index in [0.29, 0.717) is 17.4 Å². The van der Waals surface area contributed by atoms with E-state index in [-0.39, 0.29) is 11.7 Å². The summed E-state index contributed by atoms with van der Waals surface area (Å²) in [5, 5.41) is 4.65. The van der Waals surface area contributed by atoms with Crippen LogP contribution in [0.25, 0.3) is 18.0 Å². The lowest BCUT2D eigenvalue weighted by Gasteiger charge is -2.22. The smallest absolute Gasteiger partial charge is 0.180 e. The number of ether oxygens (including phenoxy) is 1. The van der Waals surface area contributed by atoms with Gasteiger partial charge in [-0.25, -0.2) is 24.0 Å². The summed E-state index contributed by atoms with van der Waals surface area (Å²) in [7, 11) is 1.62. The Morgan fingerprint density at radius 2 is 2.00 bits per heavy atom. The maximum Gasteiger partial charge on any atom is 0.180 e. The fraction of sp³-hybridized carbons (Fsp3) is 0.250. The van der Waals surface area contributed by atoms with Crippen LogP contribution in [0.3, 0.4) is 0 Å². The molecule has 8 heteroatoms. The van der Waals surface area contributed by atoms with E-state index in [1.807, 2.05) is 52.7 Å². The van der Waals surface area contributed by atoms with E-state index in [0.717, 1.165) is 42.0 Å². The Morgan fingerprint density at radius 1 is 1.16 bits per heavy atom. The Balaban J connectivity index is 1.40. The summed E-state index contributed by atoms with van der Waals surface area (Å²) in [6.07, 6.45) is 11.2. The third-order valence-corrected chi connectivity index (χ3v) is 5.62. The molecule has 162 valence electrons. The zero-order valence-corrected chi connectivity index (χ0v) is 17.9. The predicted octanol–water partition coefficient (Wildman–Crippen LogP) is 4.41. The number of pyridine rings is 1. The average molecular weight is 430 g/mol. The van der Waals surface area contributed by atoms with Crippen molar-refractivity contribution in [3.8, 4) is 11.6 Å². The molecular weight excluding hydrogens is 407 g/mol. The Bertz CT molecular complexity index is 1270. The minimum atomic E-state index is -0.229. The zero-order valence-electron chi connectivity index (χ0n) is 17.9. The quantitative estimate of drug-likeness (QED) is 0.469. The number of methoxy groups -OCH3 is 1. The summed E-state index contributed by atoms with van der Waals surface area (Å²) >= 11 is 0. The second-order valence-electron chi connectivity index (χ2n) is 7.85. The highest BCUT2D eigenvalue weighted by atomic mass is 19.1. The minimum Gasteiger partial charge on any atom is -0.493 e. The van der Waals surface area contributed by atoms with Gasteiger partial charge in [-0.15, -0.1) is 0 Å². The third-order valence-electron chi connectivity index (χ3n) is 5.62. The molecule has 0 radical (unpaired) electrons. The van der Waals surface area contributed by atoms with Gasteiger partial charge in [0, 0.05) is 24.9 Å². The molecule has 1 atom stereocenters. The molecule has 0 saturated heterocycles. The molecule has 1 aromatic carbocycles. The van der Waals surface area contributed by atoms with Crippen LogP contribution < -0.4 is 4.74 Å². The van der Waals surface area contributed by atoms with Gasteiger partial charge in [-0.05, 0) is 61.2 Å². The number of fused-ring (bicyclic) bond motifs is 1. The van der Waals surface area contributed by atoms with Crippen LogP contribution in [0.4, 0.5) is 4.39 Å². The molecule has 0 saturated carbocycles. The van der Waals surface area contributed by atoms with Crippen LogP contribution in [0, 0.1) is 12.7 Å². The van der Waals surface area contributed by atoms with E-state index in [4.69, 9.17) is 9.72 Å². The van der Waals surface area contributed by atoms with Crippen molar-refractivity contribution in [1.82, 2.24) is 29.3 Å². The van der Waals surface area contributed by atoms with Crippen molar-refractivity contribution < 1.29 is 9.13 Å². The second kappa shape index (κ2) is 8.37. The monoisotopic (exact) mass is 430 g/mol. The van der Waals surface area contributed by atoms with Gasteiger partial charge >= 0.3 is 0 Å². The first-order valence-electron chi connectivity index (χ1n) is 10.5. The Kier molecular flexibility index (Phi) is 5.26. The fourth-order valence-electron chi connectivity index (χ4n) is 4.05. The highest BCUT2D eigenvalue weighted by Crippen LogP contribution is 2.32. The van der Waals surface area contributed by atoms with Crippen LogP contribution in [0.15, 0.2) is 49.1 Å². The molecule has 3 aromatic heterocycles. The average Bonchev–Trinajstić information content (AvgIpc) is 3.43. The lowest BCUT2D eigenvalue weighted by Crippen LogP contribution is -2.17. The van der Waals surface area contributed by atoms with Crippen LogP contribution >= 0.6 is 0 Å². The molecule has 32 heavy (non-hydrogen) atoms. The predicted molar refractivity (Wildman–Crippen MR) is 119 cm³/mol. The van der Waals surface area contributed by atoms with Crippen molar-refractivity contribution in [3.63, 3.8) is 0 Å². The maximum atomic E-state index is 13.3. The number of imidazole rings is 1. The molecule has 0 amide bonds. The van der Waals surface area contributed by atoms with Crippen LogP contribution in [0.1, 0.15) is 47.2 Å². The molecule has 0 aliphatic carbocycles. The van der Waals surface area contributed by atoms with Gasteiger partial charge in [-0.2, -0.15) is 5.10 Å². The van der Waals surface area contributed by atoms with Crippen molar-refractivity contribution >= 4 is 12.2 Å². The van der Waals surface area contributed by atoms with Gasteiger partial charge < -0.3 is 4.74 Å². The van der Waals surface area contributed by atoms with Gasteiger partial charge in [0.1, 0.15) is 18.0 Å². The van der Waals surface area contributed by atoms with Gasteiger partial charge in [0.2, 0.25) is 0 Å². The van der Waals surface area contributed by atoms with E-state index < -0.39 is 0 Å². The first-order chi connectivity index (χ1) is 15.6. The summed E-state index contributed by atoms with van der Waals surface area (Å²) in [6, 6.07) is 8.59. The zero-order chi connectivity index (χ0) is 22.1. The SMILES string of the molecule is COc1cc(/C=C/c2nc3n(n2)CCC[C@@H]3c2ccc(F)cc2)cnc1-n1cnc(C)c1. The summed E-state index contributed by atoms with van der Waals surface area (Å²) in [4.78, 5) is 13.6. The summed E-state index contributed by atoms with van der Waals surface area (Å²) in [6.45, 7) is 2.76. The van der Waals surface area contributed by atoms with Crippen molar-refractivity contribution in [3.05, 3.63) is 83.3 Å². The molecular formula is C24H23FN6O. The number of hydrogen-bond donors (Lipinski definition) is 0. The summed E-state index contributed by atoms with van der Waals surface area (Å²) in [5.74, 6) is 2.79. The number of hydrogen-bond acceptors (Lipinski definition) is 5. The molecule has 0 unspecified atom stereocenters. The van der Waals surface area contributed by atoms with Gasteiger partial charge in [0.15, 0.2) is 17.4 Å². The van der Waals surface area contributed by atoms with Crippen molar-refractivity contribution in [2.45, 2.75) is 32.2 Å². The molecule has 0 spiro atoms. The molecule has 4 heterocycles. The maximum absolute atomic E-state index is 13.3. The highest BCUT2D eigenvalue weighted by molar-refractivity contribution is 5.67. The van der Waals surface area contributed by atoms with Crippen molar-refractivity contribution in [1.29, 1.82) is 0 Å². The number of aryl methyl sites for hydroxylation is 2. The van der Waals surface area contributed by atoms with Crippen LogP contribution in [0.2, 0.25) is 0 Å². The lowest BCUT2D eigenvalue weighted by atomic mass is 9.91. The molecule has 0 N–H and O–H groups in total. The van der Waals surface area contributed by atoms with E-state index in [1.165, 1.54) is 12.1 Å². The summed E-state index contributed by atoms with van der Waals surface area (Å²) < 4.78 is 22.7. The number of halogens is 1. The second-order valence-corrected chi connectivity index (χ2v) is 7.85. The number of aromatic nitrogens is 6.